The number of hydrogen-bond donors (Lipinski definition) is 2. The number of halogens is 1. The van der Waals surface area contributed by atoms with Crippen molar-refractivity contribution < 1.29 is 4.39 Å². The maximum atomic E-state index is 14.0. The SMILES string of the molecule is Cc1nn(Cc2ccccc2)c(C)c1NC(=S)Nc1cc(C)n(Cc2ccccc2F)n1. The topological polar surface area (TPSA) is 59.7 Å². The van der Waals surface area contributed by atoms with Crippen molar-refractivity contribution >= 4 is 28.8 Å². The van der Waals surface area contributed by atoms with E-state index in [0.29, 0.717) is 29.6 Å². The van der Waals surface area contributed by atoms with Gasteiger partial charge in [0.1, 0.15) is 5.82 Å². The number of nitrogens with one attached hydrogen (secondary N) is 2. The van der Waals surface area contributed by atoms with Gasteiger partial charge < -0.3 is 10.6 Å². The van der Waals surface area contributed by atoms with Gasteiger partial charge in [0, 0.05) is 17.3 Å². The van der Waals surface area contributed by atoms with Crippen LogP contribution in [-0.4, -0.2) is 24.7 Å². The van der Waals surface area contributed by atoms with Gasteiger partial charge >= 0.3 is 0 Å². The Bertz CT molecular complexity index is 1240. The lowest BCUT2D eigenvalue weighted by atomic mass is 10.2. The summed E-state index contributed by atoms with van der Waals surface area (Å²) in [5.41, 5.74) is 5.41. The molecule has 0 aliphatic heterocycles. The summed E-state index contributed by atoms with van der Waals surface area (Å²) in [6, 6.07) is 18.8. The molecule has 0 fully saturated rings. The zero-order valence-corrected chi connectivity index (χ0v) is 19.1. The highest BCUT2D eigenvalue weighted by Crippen LogP contribution is 2.21. The van der Waals surface area contributed by atoms with Crippen molar-refractivity contribution in [2.24, 2.45) is 0 Å². The number of aryl methyl sites for hydroxylation is 2. The molecule has 0 bridgehead atoms. The number of anilines is 2. The van der Waals surface area contributed by atoms with E-state index in [2.05, 4.69) is 33.0 Å². The molecule has 2 aromatic heterocycles. The molecule has 164 valence electrons. The standard InChI is InChI=1S/C24H25FN6S/c1-16-13-22(29-30(16)15-20-11-7-8-12-21(20)25)26-24(32)27-23-17(2)28-31(18(23)3)14-19-9-5-4-6-10-19/h4-13H,14-15H2,1-3H3,(H2,26,27,29,32). The molecule has 0 saturated heterocycles. The molecule has 8 heteroatoms. The number of thiocarbonyl (C=S) groups is 1. The molecular formula is C24H25FN6S. The lowest BCUT2D eigenvalue weighted by Crippen LogP contribution is -2.20. The van der Waals surface area contributed by atoms with Crippen molar-refractivity contribution in [1.82, 2.24) is 19.6 Å². The van der Waals surface area contributed by atoms with E-state index in [-0.39, 0.29) is 5.82 Å². The van der Waals surface area contributed by atoms with Crippen LogP contribution in [0.3, 0.4) is 0 Å². The molecule has 0 aliphatic carbocycles. The van der Waals surface area contributed by atoms with Crippen LogP contribution in [0, 0.1) is 26.6 Å². The number of benzene rings is 2. The molecule has 0 amide bonds. The van der Waals surface area contributed by atoms with Gasteiger partial charge in [0.05, 0.1) is 30.2 Å². The number of hydrogen-bond acceptors (Lipinski definition) is 3. The molecule has 2 N–H and O–H groups in total. The van der Waals surface area contributed by atoms with Crippen molar-refractivity contribution in [2.75, 3.05) is 10.6 Å². The highest BCUT2D eigenvalue weighted by Gasteiger charge is 2.14. The predicted molar refractivity (Wildman–Crippen MR) is 130 cm³/mol. The summed E-state index contributed by atoms with van der Waals surface area (Å²) in [5.74, 6) is 0.357. The van der Waals surface area contributed by atoms with Crippen LogP contribution in [0.1, 0.15) is 28.2 Å². The Morgan fingerprint density at radius 2 is 1.62 bits per heavy atom. The van der Waals surface area contributed by atoms with Crippen molar-refractivity contribution in [3.8, 4) is 0 Å². The van der Waals surface area contributed by atoms with Crippen molar-refractivity contribution in [2.45, 2.75) is 33.9 Å². The highest BCUT2D eigenvalue weighted by molar-refractivity contribution is 7.80. The summed E-state index contributed by atoms with van der Waals surface area (Å²) in [7, 11) is 0. The summed E-state index contributed by atoms with van der Waals surface area (Å²) >= 11 is 5.51. The zero-order chi connectivity index (χ0) is 22.7. The normalized spacial score (nSPS) is 10.9. The second kappa shape index (κ2) is 9.32. The summed E-state index contributed by atoms with van der Waals surface area (Å²) in [4.78, 5) is 0. The third-order valence-corrected chi connectivity index (χ3v) is 5.50. The second-order valence-electron chi connectivity index (χ2n) is 7.69. The largest absolute Gasteiger partial charge is 0.329 e. The van der Waals surface area contributed by atoms with Crippen molar-refractivity contribution in [3.05, 3.63) is 94.7 Å². The van der Waals surface area contributed by atoms with Gasteiger partial charge in [0.2, 0.25) is 0 Å². The first-order valence-electron chi connectivity index (χ1n) is 10.3. The fourth-order valence-electron chi connectivity index (χ4n) is 3.57. The summed E-state index contributed by atoms with van der Waals surface area (Å²) in [6.07, 6.45) is 0. The molecule has 0 spiro atoms. The smallest absolute Gasteiger partial charge is 0.176 e. The van der Waals surface area contributed by atoms with Crippen LogP contribution in [0.5, 0.6) is 0 Å². The van der Waals surface area contributed by atoms with Gasteiger partial charge in [-0.25, -0.2) is 4.39 Å². The van der Waals surface area contributed by atoms with E-state index < -0.39 is 0 Å². The Balaban J connectivity index is 1.44. The first-order valence-corrected chi connectivity index (χ1v) is 10.8. The van der Waals surface area contributed by atoms with E-state index in [1.807, 2.05) is 55.8 Å². The fourth-order valence-corrected chi connectivity index (χ4v) is 3.78. The van der Waals surface area contributed by atoms with Gasteiger partial charge in [-0.2, -0.15) is 10.2 Å². The van der Waals surface area contributed by atoms with Crippen LogP contribution in [0.2, 0.25) is 0 Å². The number of aromatic nitrogens is 4. The van der Waals surface area contributed by atoms with Gasteiger partial charge in [-0.15, -0.1) is 0 Å². The van der Waals surface area contributed by atoms with Crippen LogP contribution in [0.4, 0.5) is 15.9 Å². The summed E-state index contributed by atoms with van der Waals surface area (Å²) in [5, 5.41) is 16.0. The van der Waals surface area contributed by atoms with E-state index in [1.54, 1.807) is 16.8 Å². The number of rotatable bonds is 6. The molecule has 0 unspecified atom stereocenters. The van der Waals surface area contributed by atoms with E-state index in [1.165, 1.54) is 11.6 Å². The van der Waals surface area contributed by atoms with Crippen LogP contribution >= 0.6 is 12.2 Å². The van der Waals surface area contributed by atoms with Gasteiger partial charge in [-0.05, 0) is 44.6 Å². The molecule has 6 nitrogen and oxygen atoms in total. The zero-order valence-electron chi connectivity index (χ0n) is 18.3. The van der Waals surface area contributed by atoms with Crippen molar-refractivity contribution in [1.29, 1.82) is 0 Å². The van der Waals surface area contributed by atoms with Crippen LogP contribution in [0.15, 0.2) is 60.7 Å². The minimum atomic E-state index is -0.243. The Kier molecular flexibility index (Phi) is 6.32. The molecule has 0 radical (unpaired) electrons. The Labute approximate surface area is 192 Å². The molecule has 0 saturated carbocycles. The maximum absolute atomic E-state index is 14.0. The van der Waals surface area contributed by atoms with Gasteiger partial charge in [-0.3, -0.25) is 9.36 Å². The van der Waals surface area contributed by atoms with Gasteiger partial charge in [-0.1, -0.05) is 48.5 Å². The number of nitrogens with zero attached hydrogens (tertiary/aromatic N) is 4. The third kappa shape index (κ3) is 4.86. The second-order valence-corrected chi connectivity index (χ2v) is 8.10. The maximum Gasteiger partial charge on any atom is 0.176 e. The Morgan fingerprint density at radius 1 is 0.906 bits per heavy atom. The summed E-state index contributed by atoms with van der Waals surface area (Å²) in [6.45, 7) is 6.94. The Hall–Kier alpha value is -3.52. The van der Waals surface area contributed by atoms with Crippen LogP contribution < -0.4 is 10.6 Å². The molecule has 4 rings (SSSR count). The van der Waals surface area contributed by atoms with Crippen molar-refractivity contribution in [3.63, 3.8) is 0 Å². The van der Waals surface area contributed by atoms with Gasteiger partial charge in [0.25, 0.3) is 0 Å². The van der Waals surface area contributed by atoms with Crippen LogP contribution in [0.25, 0.3) is 0 Å². The minimum absolute atomic E-state index is 0.243. The van der Waals surface area contributed by atoms with E-state index >= 15 is 0 Å². The molecular weight excluding hydrogens is 423 g/mol. The lowest BCUT2D eigenvalue weighted by molar-refractivity contribution is 0.581. The Morgan fingerprint density at radius 3 is 2.38 bits per heavy atom. The lowest BCUT2D eigenvalue weighted by Gasteiger charge is -2.10. The predicted octanol–water partition coefficient (Wildman–Crippen LogP) is 5.05. The first kappa shape index (κ1) is 21.7. The minimum Gasteiger partial charge on any atom is -0.329 e. The molecule has 0 atom stereocenters. The molecule has 32 heavy (non-hydrogen) atoms. The molecule has 0 aliphatic rings. The average molecular weight is 449 g/mol. The fraction of sp³-hybridized carbons (Fsp3) is 0.208. The van der Waals surface area contributed by atoms with E-state index in [9.17, 15) is 4.39 Å². The van der Waals surface area contributed by atoms with Crippen LogP contribution in [-0.2, 0) is 13.1 Å². The van der Waals surface area contributed by atoms with E-state index in [0.717, 1.165) is 22.8 Å². The summed E-state index contributed by atoms with van der Waals surface area (Å²) < 4.78 is 17.7. The third-order valence-electron chi connectivity index (χ3n) is 5.30. The van der Waals surface area contributed by atoms with E-state index in [4.69, 9.17) is 12.2 Å². The molecule has 2 heterocycles. The quantitative estimate of drug-likeness (QED) is 0.404. The average Bonchev–Trinajstić information content (AvgIpc) is 3.23. The highest BCUT2D eigenvalue weighted by atomic mass is 32.1. The first-order chi connectivity index (χ1) is 15.4. The molecule has 4 aromatic rings. The van der Waals surface area contributed by atoms with Gasteiger partial charge in [0.15, 0.2) is 10.9 Å². The molecule has 2 aromatic carbocycles. The monoisotopic (exact) mass is 448 g/mol.